The molecule has 0 saturated carbocycles. The summed E-state index contributed by atoms with van der Waals surface area (Å²) in [5, 5.41) is 1.24. The maximum atomic E-state index is 3.58. The highest BCUT2D eigenvalue weighted by atomic mass is 28.1. The standard InChI is InChI=1S/C9H11Si/c1-6-4-5-7(2)9(10)8(6)3/h4-5H,1-3H3. The number of benzene rings is 1. The van der Waals surface area contributed by atoms with E-state index in [2.05, 4.69) is 43.1 Å². The second kappa shape index (κ2) is 2.58. The molecule has 0 fully saturated rings. The van der Waals surface area contributed by atoms with Gasteiger partial charge in [-0.05, 0) is 31.9 Å². The van der Waals surface area contributed by atoms with Gasteiger partial charge in [0.25, 0.3) is 0 Å². The highest BCUT2D eigenvalue weighted by molar-refractivity contribution is 6.34. The van der Waals surface area contributed by atoms with Crippen LogP contribution in [-0.4, -0.2) is 10.2 Å². The fraction of sp³-hybridized carbons (Fsp3) is 0.333. The Morgan fingerprint density at radius 1 is 1.00 bits per heavy atom. The van der Waals surface area contributed by atoms with E-state index < -0.39 is 0 Å². The summed E-state index contributed by atoms with van der Waals surface area (Å²) < 4.78 is 0. The van der Waals surface area contributed by atoms with E-state index in [1.165, 1.54) is 21.9 Å². The molecule has 0 N–H and O–H groups in total. The fourth-order valence-corrected chi connectivity index (χ4v) is 1.23. The van der Waals surface area contributed by atoms with Crippen LogP contribution in [0.1, 0.15) is 16.7 Å². The lowest BCUT2D eigenvalue weighted by molar-refractivity contribution is 1.33. The average molecular weight is 147 g/mol. The lowest BCUT2D eigenvalue weighted by Crippen LogP contribution is -2.12. The van der Waals surface area contributed by atoms with Gasteiger partial charge < -0.3 is 0 Å². The van der Waals surface area contributed by atoms with E-state index in [-0.39, 0.29) is 0 Å². The Hall–Kier alpha value is -0.563. The minimum Gasteiger partial charge on any atom is -0.0614 e. The Bertz CT molecular complexity index is 224. The molecule has 51 valence electrons. The van der Waals surface area contributed by atoms with Crippen LogP contribution < -0.4 is 5.19 Å². The first kappa shape index (κ1) is 7.54. The van der Waals surface area contributed by atoms with Crippen LogP contribution in [0.25, 0.3) is 0 Å². The van der Waals surface area contributed by atoms with Crippen molar-refractivity contribution in [1.29, 1.82) is 0 Å². The largest absolute Gasteiger partial charge is 0.0719 e. The fourth-order valence-electron chi connectivity index (χ4n) is 0.951. The van der Waals surface area contributed by atoms with Crippen LogP contribution >= 0.6 is 0 Å². The van der Waals surface area contributed by atoms with Gasteiger partial charge in [0.1, 0.15) is 0 Å². The van der Waals surface area contributed by atoms with Crippen LogP contribution in [0.15, 0.2) is 12.1 Å². The first-order valence-corrected chi connectivity index (χ1v) is 3.91. The topological polar surface area (TPSA) is 0 Å². The molecule has 0 aliphatic rings. The maximum absolute atomic E-state index is 3.58. The Morgan fingerprint density at radius 2 is 1.50 bits per heavy atom. The summed E-state index contributed by atoms with van der Waals surface area (Å²) in [6.45, 7) is 6.36. The second-order valence-corrected chi connectivity index (χ2v) is 3.20. The van der Waals surface area contributed by atoms with Crippen LogP contribution in [0.4, 0.5) is 0 Å². The highest BCUT2D eigenvalue weighted by Gasteiger charge is 1.97. The predicted octanol–water partition coefficient (Wildman–Crippen LogP) is 1.41. The molecule has 10 heavy (non-hydrogen) atoms. The Labute approximate surface area is 65.7 Å². The zero-order valence-corrected chi connectivity index (χ0v) is 7.65. The molecule has 0 aliphatic heterocycles. The van der Waals surface area contributed by atoms with Crippen molar-refractivity contribution in [2.45, 2.75) is 20.8 Å². The van der Waals surface area contributed by atoms with E-state index >= 15 is 0 Å². The summed E-state index contributed by atoms with van der Waals surface area (Å²) in [6.07, 6.45) is 0. The first-order chi connectivity index (χ1) is 4.63. The minimum atomic E-state index is 1.24. The third kappa shape index (κ3) is 1.14. The van der Waals surface area contributed by atoms with Gasteiger partial charge in [-0.2, -0.15) is 0 Å². The Balaban J connectivity index is 3.34. The lowest BCUT2D eigenvalue weighted by Gasteiger charge is -2.06. The van der Waals surface area contributed by atoms with Crippen molar-refractivity contribution in [1.82, 2.24) is 0 Å². The van der Waals surface area contributed by atoms with Crippen molar-refractivity contribution in [3.63, 3.8) is 0 Å². The van der Waals surface area contributed by atoms with E-state index in [9.17, 15) is 0 Å². The quantitative estimate of drug-likeness (QED) is 0.487. The molecule has 1 heteroatoms. The van der Waals surface area contributed by atoms with E-state index in [4.69, 9.17) is 0 Å². The zero-order valence-electron chi connectivity index (χ0n) is 6.65. The minimum absolute atomic E-state index is 1.24. The Morgan fingerprint density at radius 3 is 2.00 bits per heavy atom. The van der Waals surface area contributed by atoms with Crippen molar-refractivity contribution in [3.8, 4) is 0 Å². The van der Waals surface area contributed by atoms with Gasteiger partial charge in [0.15, 0.2) is 0 Å². The zero-order chi connectivity index (χ0) is 7.72. The molecule has 0 nitrogen and oxygen atoms in total. The molecule has 0 spiro atoms. The Kier molecular flexibility index (Phi) is 1.95. The van der Waals surface area contributed by atoms with Gasteiger partial charge in [-0.1, -0.05) is 22.9 Å². The number of aryl methyl sites for hydroxylation is 2. The van der Waals surface area contributed by atoms with Gasteiger partial charge in [-0.15, -0.1) is 0 Å². The van der Waals surface area contributed by atoms with Crippen LogP contribution in [0.2, 0.25) is 0 Å². The summed E-state index contributed by atoms with van der Waals surface area (Å²) in [5.74, 6) is 0. The summed E-state index contributed by atoms with van der Waals surface area (Å²) in [4.78, 5) is 0. The summed E-state index contributed by atoms with van der Waals surface area (Å²) in [5.41, 5.74) is 3.99. The molecule has 0 atom stereocenters. The van der Waals surface area contributed by atoms with Crippen molar-refractivity contribution in [3.05, 3.63) is 28.8 Å². The van der Waals surface area contributed by atoms with E-state index in [0.29, 0.717) is 0 Å². The van der Waals surface area contributed by atoms with Crippen LogP contribution in [0.3, 0.4) is 0 Å². The van der Waals surface area contributed by atoms with E-state index in [1.54, 1.807) is 0 Å². The van der Waals surface area contributed by atoms with Gasteiger partial charge in [0.05, 0.1) is 10.2 Å². The molecule has 1 aromatic rings. The molecule has 1 rings (SSSR count). The second-order valence-electron chi connectivity index (χ2n) is 2.70. The van der Waals surface area contributed by atoms with Gasteiger partial charge in [0, 0.05) is 0 Å². The van der Waals surface area contributed by atoms with Crippen molar-refractivity contribution in [2.75, 3.05) is 0 Å². The molecule has 0 aliphatic carbocycles. The van der Waals surface area contributed by atoms with Crippen LogP contribution in [0, 0.1) is 20.8 Å². The van der Waals surface area contributed by atoms with Crippen LogP contribution in [0.5, 0.6) is 0 Å². The van der Waals surface area contributed by atoms with Crippen molar-refractivity contribution < 1.29 is 0 Å². The predicted molar refractivity (Wildman–Crippen MR) is 46.0 cm³/mol. The normalized spacial score (nSPS) is 10.0. The van der Waals surface area contributed by atoms with Crippen molar-refractivity contribution >= 4 is 15.4 Å². The number of hydrogen-bond donors (Lipinski definition) is 0. The molecular weight excluding hydrogens is 136 g/mol. The summed E-state index contributed by atoms with van der Waals surface area (Å²) in [6, 6.07) is 4.28. The SMILES string of the molecule is Cc1ccc(C)c([Si])c1C. The van der Waals surface area contributed by atoms with E-state index in [1.807, 2.05) is 0 Å². The third-order valence-electron chi connectivity index (χ3n) is 1.94. The van der Waals surface area contributed by atoms with Gasteiger partial charge in [-0.25, -0.2) is 0 Å². The molecule has 1 aromatic carbocycles. The lowest BCUT2D eigenvalue weighted by atomic mass is 10.1. The average Bonchev–Trinajstić information content (AvgIpc) is 1.93. The molecule has 0 bridgehead atoms. The number of hydrogen-bond acceptors (Lipinski definition) is 0. The molecule has 0 aromatic heterocycles. The van der Waals surface area contributed by atoms with Gasteiger partial charge in [-0.3, -0.25) is 0 Å². The molecule has 3 radical (unpaired) electrons. The molecule has 0 heterocycles. The summed E-state index contributed by atoms with van der Waals surface area (Å²) >= 11 is 0. The summed E-state index contributed by atoms with van der Waals surface area (Å²) in [7, 11) is 3.58. The van der Waals surface area contributed by atoms with Crippen molar-refractivity contribution in [2.24, 2.45) is 0 Å². The van der Waals surface area contributed by atoms with Crippen LogP contribution in [-0.2, 0) is 0 Å². The first-order valence-electron chi connectivity index (χ1n) is 3.41. The number of rotatable bonds is 0. The smallest absolute Gasteiger partial charge is 0.0614 e. The molecule has 0 saturated heterocycles. The molecular formula is C9H11Si. The maximum Gasteiger partial charge on any atom is 0.0719 e. The third-order valence-corrected chi connectivity index (χ3v) is 2.71. The van der Waals surface area contributed by atoms with Gasteiger partial charge in [0.2, 0.25) is 0 Å². The molecule has 0 amide bonds. The van der Waals surface area contributed by atoms with E-state index in [0.717, 1.165) is 0 Å². The highest BCUT2D eigenvalue weighted by Crippen LogP contribution is 2.04. The monoisotopic (exact) mass is 147 g/mol. The van der Waals surface area contributed by atoms with Gasteiger partial charge >= 0.3 is 0 Å². The molecule has 0 unspecified atom stereocenters.